The second-order valence-electron chi connectivity index (χ2n) is 9.40. The van der Waals surface area contributed by atoms with Crippen molar-refractivity contribution in [3.8, 4) is 0 Å². The van der Waals surface area contributed by atoms with E-state index in [2.05, 4.69) is 5.32 Å². The molecule has 0 aliphatic rings. The van der Waals surface area contributed by atoms with Crippen molar-refractivity contribution in [3.63, 3.8) is 0 Å². The van der Waals surface area contributed by atoms with Gasteiger partial charge < -0.3 is 10.2 Å². The number of benzene rings is 3. The normalized spacial score (nSPS) is 12.2. The number of carbonyl (C=O) groups is 2. The first kappa shape index (κ1) is 28.8. The lowest BCUT2D eigenvalue weighted by Gasteiger charge is -2.33. The average Bonchev–Trinajstić information content (AvgIpc) is 2.88. The Morgan fingerprint density at radius 3 is 2.08 bits per heavy atom. The lowest BCUT2D eigenvalue weighted by Crippen LogP contribution is -2.53. The van der Waals surface area contributed by atoms with Gasteiger partial charge in [-0.05, 0) is 69.2 Å². The van der Waals surface area contributed by atoms with Crippen molar-refractivity contribution in [2.75, 3.05) is 10.8 Å². The van der Waals surface area contributed by atoms with E-state index in [1.807, 2.05) is 58.0 Å². The van der Waals surface area contributed by atoms with Crippen LogP contribution in [0.25, 0.3) is 0 Å². The second kappa shape index (κ2) is 12.7. The van der Waals surface area contributed by atoms with Crippen molar-refractivity contribution in [2.24, 2.45) is 0 Å². The fourth-order valence-electron chi connectivity index (χ4n) is 4.05. The summed E-state index contributed by atoms with van der Waals surface area (Å²) in [7, 11) is -4.24. The average molecular weight is 540 g/mol. The molecule has 1 atom stereocenters. The highest BCUT2D eigenvalue weighted by Crippen LogP contribution is 2.25. The van der Waals surface area contributed by atoms with Crippen molar-refractivity contribution in [1.82, 2.24) is 10.2 Å². The molecule has 3 aromatic rings. The second-order valence-corrected chi connectivity index (χ2v) is 11.3. The Morgan fingerprint density at radius 1 is 0.921 bits per heavy atom. The van der Waals surface area contributed by atoms with Crippen LogP contribution < -0.4 is 9.62 Å². The third-order valence-electron chi connectivity index (χ3n) is 6.02. The van der Waals surface area contributed by atoms with Crippen LogP contribution in [0.5, 0.6) is 0 Å². The summed E-state index contributed by atoms with van der Waals surface area (Å²) in [5, 5.41) is 2.87. The molecule has 38 heavy (non-hydrogen) atoms. The molecule has 0 bridgehead atoms. The van der Waals surface area contributed by atoms with Crippen LogP contribution in [0.4, 0.5) is 10.1 Å². The van der Waals surface area contributed by atoms with Gasteiger partial charge in [0, 0.05) is 12.6 Å². The van der Waals surface area contributed by atoms with E-state index in [4.69, 9.17) is 0 Å². The smallest absolute Gasteiger partial charge is 0.264 e. The third kappa shape index (κ3) is 7.19. The van der Waals surface area contributed by atoms with E-state index in [-0.39, 0.29) is 29.1 Å². The van der Waals surface area contributed by atoms with Gasteiger partial charge >= 0.3 is 0 Å². The summed E-state index contributed by atoms with van der Waals surface area (Å²) in [5.74, 6) is -1.42. The summed E-state index contributed by atoms with van der Waals surface area (Å²) in [4.78, 5) is 28.3. The monoisotopic (exact) mass is 539 g/mol. The minimum absolute atomic E-state index is 0.127. The van der Waals surface area contributed by atoms with Crippen LogP contribution >= 0.6 is 0 Å². The van der Waals surface area contributed by atoms with Crippen LogP contribution in [0.3, 0.4) is 0 Å². The van der Waals surface area contributed by atoms with Gasteiger partial charge in [-0.2, -0.15) is 0 Å². The molecule has 9 heteroatoms. The number of nitrogens with one attached hydrogen (secondary N) is 1. The van der Waals surface area contributed by atoms with Gasteiger partial charge in [-0.3, -0.25) is 13.9 Å². The van der Waals surface area contributed by atoms with Crippen LogP contribution in [-0.4, -0.2) is 43.8 Å². The Kier molecular flexibility index (Phi) is 9.63. The maximum absolute atomic E-state index is 13.9. The van der Waals surface area contributed by atoms with Crippen LogP contribution in [0.15, 0.2) is 83.8 Å². The SMILES string of the molecule is CC[C@@H](C(=O)NC(C)C)N(Cc1ccccc1)C(=O)CN(c1ccc(C)cc1)S(=O)(=O)c1ccc(F)cc1. The Hall–Kier alpha value is -3.72. The molecule has 0 radical (unpaired) electrons. The summed E-state index contributed by atoms with van der Waals surface area (Å²) >= 11 is 0. The van der Waals surface area contributed by atoms with Gasteiger partial charge in [-0.15, -0.1) is 0 Å². The largest absolute Gasteiger partial charge is 0.352 e. The van der Waals surface area contributed by atoms with Gasteiger partial charge in [0.1, 0.15) is 18.4 Å². The molecule has 202 valence electrons. The van der Waals surface area contributed by atoms with Crippen molar-refractivity contribution >= 4 is 27.5 Å². The van der Waals surface area contributed by atoms with E-state index in [1.165, 1.54) is 17.0 Å². The highest BCUT2D eigenvalue weighted by atomic mass is 32.2. The maximum atomic E-state index is 13.9. The number of hydrogen-bond donors (Lipinski definition) is 1. The molecule has 0 heterocycles. The van der Waals surface area contributed by atoms with Crippen LogP contribution in [0.2, 0.25) is 0 Å². The summed E-state index contributed by atoms with van der Waals surface area (Å²) in [6.45, 7) is 6.94. The van der Waals surface area contributed by atoms with Crippen LogP contribution in [-0.2, 0) is 26.2 Å². The first-order valence-electron chi connectivity index (χ1n) is 12.5. The van der Waals surface area contributed by atoms with Gasteiger partial charge in [0.05, 0.1) is 10.6 Å². The lowest BCUT2D eigenvalue weighted by atomic mass is 10.1. The number of halogens is 1. The molecule has 0 fully saturated rings. The van der Waals surface area contributed by atoms with Gasteiger partial charge in [0.2, 0.25) is 11.8 Å². The van der Waals surface area contributed by atoms with E-state index < -0.39 is 34.3 Å². The highest BCUT2D eigenvalue weighted by molar-refractivity contribution is 7.92. The first-order chi connectivity index (χ1) is 18.0. The highest BCUT2D eigenvalue weighted by Gasteiger charge is 2.33. The molecule has 1 N–H and O–H groups in total. The van der Waals surface area contributed by atoms with Crippen molar-refractivity contribution in [1.29, 1.82) is 0 Å². The number of hydrogen-bond acceptors (Lipinski definition) is 4. The number of nitrogens with zero attached hydrogens (tertiary/aromatic N) is 2. The van der Waals surface area contributed by atoms with Crippen molar-refractivity contribution < 1.29 is 22.4 Å². The number of carbonyl (C=O) groups excluding carboxylic acids is 2. The zero-order chi connectivity index (χ0) is 27.9. The molecule has 0 aliphatic carbocycles. The number of rotatable bonds is 11. The Bertz CT molecular complexity index is 1330. The Morgan fingerprint density at radius 2 is 1.53 bits per heavy atom. The van der Waals surface area contributed by atoms with Crippen molar-refractivity contribution in [2.45, 2.75) is 57.6 Å². The van der Waals surface area contributed by atoms with Gasteiger partial charge in [-0.25, -0.2) is 12.8 Å². The molecule has 3 rings (SSSR count). The maximum Gasteiger partial charge on any atom is 0.264 e. The fraction of sp³-hybridized carbons (Fsp3) is 0.310. The lowest BCUT2D eigenvalue weighted by molar-refractivity contribution is -0.140. The van der Waals surface area contributed by atoms with E-state index >= 15 is 0 Å². The van der Waals surface area contributed by atoms with E-state index in [0.29, 0.717) is 6.42 Å². The van der Waals surface area contributed by atoms with Crippen molar-refractivity contribution in [3.05, 3.63) is 95.8 Å². The van der Waals surface area contributed by atoms with Crippen LogP contribution in [0, 0.1) is 12.7 Å². The zero-order valence-corrected chi connectivity index (χ0v) is 22.9. The molecule has 2 amide bonds. The third-order valence-corrected chi connectivity index (χ3v) is 7.80. The zero-order valence-electron chi connectivity index (χ0n) is 22.1. The number of sulfonamides is 1. The topological polar surface area (TPSA) is 86.8 Å². The van der Waals surface area contributed by atoms with Gasteiger partial charge in [0.15, 0.2) is 0 Å². The molecule has 0 aliphatic heterocycles. The summed E-state index contributed by atoms with van der Waals surface area (Å²) < 4.78 is 42.0. The summed E-state index contributed by atoms with van der Waals surface area (Å²) in [6.07, 6.45) is 0.340. The Balaban J connectivity index is 2.04. The number of anilines is 1. The fourth-order valence-corrected chi connectivity index (χ4v) is 5.47. The molecule has 0 saturated carbocycles. The number of amides is 2. The predicted molar refractivity (Wildman–Crippen MR) is 146 cm³/mol. The van der Waals surface area contributed by atoms with E-state index in [1.54, 1.807) is 24.3 Å². The predicted octanol–water partition coefficient (Wildman–Crippen LogP) is 4.66. The van der Waals surface area contributed by atoms with E-state index in [9.17, 15) is 22.4 Å². The van der Waals surface area contributed by atoms with Gasteiger partial charge in [0.25, 0.3) is 10.0 Å². The summed E-state index contributed by atoms with van der Waals surface area (Å²) in [6, 6.07) is 19.5. The first-order valence-corrected chi connectivity index (χ1v) is 14.0. The summed E-state index contributed by atoms with van der Waals surface area (Å²) in [5.41, 5.74) is 2.01. The molecular formula is C29H34FN3O4S. The Labute approximate surface area is 224 Å². The molecular weight excluding hydrogens is 505 g/mol. The number of aryl methyl sites for hydroxylation is 1. The molecule has 0 aromatic heterocycles. The molecule has 3 aromatic carbocycles. The molecule has 7 nitrogen and oxygen atoms in total. The molecule has 0 spiro atoms. The minimum atomic E-state index is -4.24. The van der Waals surface area contributed by atoms with E-state index in [0.717, 1.165) is 27.6 Å². The van der Waals surface area contributed by atoms with Crippen LogP contribution in [0.1, 0.15) is 38.3 Å². The molecule has 0 saturated heterocycles. The van der Waals surface area contributed by atoms with Gasteiger partial charge in [-0.1, -0.05) is 55.0 Å². The molecule has 0 unspecified atom stereocenters. The standard InChI is InChI=1S/C29H34FN3O4S/c1-5-27(29(35)31-21(2)3)32(19-23-9-7-6-8-10-23)28(34)20-33(25-15-11-22(4)12-16-25)38(36,37)26-17-13-24(30)14-18-26/h6-18,21,27H,5,19-20H2,1-4H3,(H,31,35)/t27-/m0/s1. The quantitative estimate of drug-likeness (QED) is 0.384. The minimum Gasteiger partial charge on any atom is -0.352 e.